The Morgan fingerprint density at radius 1 is 1.21 bits per heavy atom. The maximum Gasteiger partial charge on any atom is 0.412 e. The number of anilines is 1. The molecule has 4 aliphatic rings. The fraction of sp³-hybridized carbons (Fsp3) is 0.500. The molecule has 10 heteroatoms. The molecule has 0 radical (unpaired) electrons. The molecule has 8 atom stereocenters. The first-order valence-electron chi connectivity index (χ1n) is 14.4. The topological polar surface area (TPSA) is 131 Å². The molecule has 0 bridgehead atoms. The quantitative estimate of drug-likeness (QED) is 0.309. The van der Waals surface area contributed by atoms with Gasteiger partial charge in [-0.2, -0.15) is 5.10 Å². The zero-order chi connectivity index (χ0) is 30.0. The second-order valence-corrected chi connectivity index (χ2v) is 14.3. The lowest BCUT2D eigenvalue weighted by atomic mass is 9.46. The van der Waals surface area contributed by atoms with Crippen LogP contribution in [-0.2, 0) is 21.4 Å². The van der Waals surface area contributed by atoms with Crippen LogP contribution in [0.25, 0.3) is 11.3 Å². The number of nitrogens with zero attached hydrogens (tertiary/aromatic N) is 2. The Labute approximate surface area is 258 Å². The summed E-state index contributed by atoms with van der Waals surface area (Å²) in [6.45, 7) is 3.43. The van der Waals surface area contributed by atoms with Gasteiger partial charge in [-0.1, -0.05) is 60.2 Å². The van der Waals surface area contributed by atoms with E-state index >= 15 is 0 Å². The third-order valence-corrected chi connectivity index (χ3v) is 12.0. The number of alkyl halides is 1. The number of carbonyl (C=O) groups is 3. The number of amides is 1. The van der Waals surface area contributed by atoms with Crippen molar-refractivity contribution in [1.82, 2.24) is 9.78 Å². The molecular weight excluding hydrogens is 649 g/mol. The summed E-state index contributed by atoms with van der Waals surface area (Å²) in [4.78, 5) is 38.4. The van der Waals surface area contributed by atoms with Crippen LogP contribution in [0.4, 0.5) is 10.5 Å². The van der Waals surface area contributed by atoms with E-state index in [-0.39, 0.29) is 30.0 Å². The van der Waals surface area contributed by atoms with Gasteiger partial charge in [0.25, 0.3) is 0 Å². The van der Waals surface area contributed by atoms with Gasteiger partial charge in [-0.05, 0) is 67.9 Å². The number of carbonyl (C=O) groups excluding carboxylic acids is 3. The summed E-state index contributed by atoms with van der Waals surface area (Å²) in [6, 6.07) is 9.02. The zero-order valence-electron chi connectivity index (χ0n) is 23.9. The number of aryl methyl sites for hydroxylation is 1. The molecule has 0 saturated heterocycles. The van der Waals surface area contributed by atoms with Crippen molar-refractivity contribution in [1.29, 1.82) is 0 Å². The molecule has 42 heavy (non-hydrogen) atoms. The number of rotatable bonds is 5. The third kappa shape index (κ3) is 4.48. The SMILES string of the molecule is Cn1ccc(-c2ccc(NC(=O)OCC(=O)[C@@]3(O)[C@H](I)CC4C5CCC6=CC(=O)C=CC6(C)C5[C@@H](O)CC43C)cc2)n1. The Morgan fingerprint density at radius 3 is 2.64 bits per heavy atom. The number of allylic oxidation sites excluding steroid dienone is 4. The molecule has 3 saturated carbocycles. The maximum atomic E-state index is 13.7. The minimum absolute atomic E-state index is 0.00222. The number of ketones is 2. The van der Waals surface area contributed by atoms with Gasteiger partial charge in [-0.15, -0.1) is 0 Å². The molecule has 5 unspecified atom stereocenters. The van der Waals surface area contributed by atoms with Crippen LogP contribution in [0.2, 0.25) is 0 Å². The van der Waals surface area contributed by atoms with Crippen LogP contribution in [-0.4, -0.2) is 59.9 Å². The minimum Gasteiger partial charge on any atom is -0.441 e. The Hall–Kier alpha value is -2.83. The van der Waals surface area contributed by atoms with Gasteiger partial charge in [-0.3, -0.25) is 19.6 Å². The number of aromatic nitrogens is 2. The predicted molar refractivity (Wildman–Crippen MR) is 165 cm³/mol. The Morgan fingerprint density at radius 2 is 1.95 bits per heavy atom. The summed E-state index contributed by atoms with van der Waals surface area (Å²) in [5, 5.41) is 30.7. The zero-order valence-corrected chi connectivity index (χ0v) is 26.1. The minimum atomic E-state index is -1.76. The number of nitrogens with one attached hydrogen (secondary N) is 1. The van der Waals surface area contributed by atoms with Gasteiger partial charge in [-0.25, -0.2) is 4.79 Å². The molecule has 0 aliphatic heterocycles. The van der Waals surface area contributed by atoms with E-state index in [1.807, 2.05) is 44.4 Å². The van der Waals surface area contributed by atoms with Crippen LogP contribution in [0, 0.1) is 28.6 Å². The third-order valence-electron chi connectivity index (χ3n) is 10.6. The number of hydrogen-bond donors (Lipinski definition) is 3. The monoisotopic (exact) mass is 685 g/mol. The van der Waals surface area contributed by atoms with Crippen molar-refractivity contribution < 1.29 is 29.3 Å². The Kier molecular flexibility index (Phi) is 7.25. The van der Waals surface area contributed by atoms with Gasteiger partial charge < -0.3 is 14.9 Å². The van der Waals surface area contributed by atoms with Crippen molar-refractivity contribution in [3.8, 4) is 11.3 Å². The van der Waals surface area contributed by atoms with Crippen LogP contribution >= 0.6 is 22.6 Å². The first kappa shape index (κ1) is 29.3. The lowest BCUT2D eigenvalue weighted by Gasteiger charge is -2.59. The first-order valence-corrected chi connectivity index (χ1v) is 15.7. The molecule has 1 aromatic carbocycles. The second kappa shape index (κ2) is 10.4. The van der Waals surface area contributed by atoms with Gasteiger partial charge in [0.15, 0.2) is 12.4 Å². The fourth-order valence-corrected chi connectivity index (χ4v) is 10.1. The maximum absolute atomic E-state index is 13.7. The number of hydrogen-bond acceptors (Lipinski definition) is 7. The number of aliphatic hydroxyl groups is 2. The molecule has 0 spiro atoms. The van der Waals surface area contributed by atoms with E-state index in [2.05, 4.69) is 39.9 Å². The molecule has 1 aromatic heterocycles. The van der Waals surface area contributed by atoms with Crippen molar-refractivity contribution in [3.05, 3.63) is 60.3 Å². The number of benzene rings is 1. The van der Waals surface area contributed by atoms with E-state index < -0.39 is 44.9 Å². The molecule has 6 rings (SSSR count). The van der Waals surface area contributed by atoms with Crippen molar-refractivity contribution in [2.75, 3.05) is 11.9 Å². The fourth-order valence-electron chi connectivity index (χ4n) is 8.48. The first-order chi connectivity index (χ1) is 19.9. The second-order valence-electron chi connectivity index (χ2n) is 12.8. The van der Waals surface area contributed by atoms with Crippen molar-refractivity contribution in [3.63, 3.8) is 0 Å². The lowest BCUT2D eigenvalue weighted by Crippen LogP contribution is -2.63. The molecule has 2 aromatic rings. The number of halogens is 1. The van der Waals surface area contributed by atoms with E-state index in [0.717, 1.165) is 29.7 Å². The molecule has 3 fully saturated rings. The van der Waals surface area contributed by atoms with Gasteiger partial charge in [0.05, 0.1) is 11.8 Å². The predicted octanol–water partition coefficient (Wildman–Crippen LogP) is 4.63. The van der Waals surface area contributed by atoms with E-state index in [4.69, 9.17) is 4.74 Å². The summed E-state index contributed by atoms with van der Waals surface area (Å²) in [6.07, 6.45) is 7.96. The van der Waals surface area contributed by atoms with E-state index in [9.17, 15) is 24.6 Å². The molecule has 9 nitrogen and oxygen atoms in total. The van der Waals surface area contributed by atoms with Crippen LogP contribution < -0.4 is 5.32 Å². The van der Waals surface area contributed by atoms with Crippen molar-refractivity contribution in [2.24, 2.45) is 35.6 Å². The number of fused-ring (bicyclic) bond motifs is 5. The summed E-state index contributed by atoms with van der Waals surface area (Å²) in [5.41, 5.74) is 0.192. The Bertz CT molecular complexity index is 1500. The van der Waals surface area contributed by atoms with Crippen molar-refractivity contribution >= 4 is 45.9 Å². The molecule has 3 N–H and O–H groups in total. The molecule has 222 valence electrons. The highest BCUT2D eigenvalue weighted by Gasteiger charge is 2.71. The van der Waals surface area contributed by atoms with E-state index in [0.29, 0.717) is 12.1 Å². The van der Waals surface area contributed by atoms with Crippen LogP contribution in [0.15, 0.2) is 60.3 Å². The molecule has 1 heterocycles. The number of ether oxygens (including phenoxy) is 1. The highest BCUT2D eigenvalue weighted by atomic mass is 127. The van der Waals surface area contributed by atoms with Gasteiger partial charge in [0.1, 0.15) is 5.60 Å². The van der Waals surface area contributed by atoms with Crippen LogP contribution in [0.1, 0.15) is 39.5 Å². The highest BCUT2D eigenvalue weighted by Crippen LogP contribution is 2.68. The summed E-state index contributed by atoms with van der Waals surface area (Å²) < 4.78 is 6.63. The van der Waals surface area contributed by atoms with Gasteiger partial charge in [0.2, 0.25) is 5.78 Å². The average molecular weight is 686 g/mol. The average Bonchev–Trinajstić information content (AvgIpc) is 3.47. The van der Waals surface area contributed by atoms with Crippen LogP contribution in [0.5, 0.6) is 0 Å². The smallest absolute Gasteiger partial charge is 0.412 e. The van der Waals surface area contributed by atoms with Gasteiger partial charge >= 0.3 is 6.09 Å². The van der Waals surface area contributed by atoms with E-state index in [1.165, 1.54) is 0 Å². The Balaban J connectivity index is 1.14. The highest BCUT2D eigenvalue weighted by molar-refractivity contribution is 14.1. The van der Waals surface area contributed by atoms with Crippen LogP contribution in [0.3, 0.4) is 0 Å². The van der Waals surface area contributed by atoms with Gasteiger partial charge in [0, 0.05) is 45.2 Å². The summed E-state index contributed by atoms with van der Waals surface area (Å²) in [5.74, 6) is -0.598. The summed E-state index contributed by atoms with van der Waals surface area (Å²) in [7, 11) is 1.84. The molecule has 4 aliphatic carbocycles. The standard InChI is InChI=1S/C32H36IN3O6/c1-30-12-10-21(37)14-19(30)6-9-22-23-15-26(33)32(41,31(23,2)16-25(38)28(22)30)27(39)17-42-29(40)34-20-7-4-18(5-8-20)24-11-13-36(3)35-24/h4-5,7-8,10-14,22-23,25-26,28,38,41H,6,9,15-17H2,1-3H3,(H,34,40)/t22?,23?,25-,26+,28?,30?,31?,32-/m0/s1. The van der Waals surface area contributed by atoms with E-state index in [1.54, 1.807) is 29.0 Å². The number of Topliss-reactive ketones (excluding diaryl/α,β-unsaturated/α-hetero) is 1. The number of aliphatic hydroxyl groups excluding tert-OH is 1. The van der Waals surface area contributed by atoms with Crippen molar-refractivity contribution in [2.45, 2.75) is 55.2 Å². The summed E-state index contributed by atoms with van der Waals surface area (Å²) >= 11 is 2.15. The lowest BCUT2D eigenvalue weighted by molar-refractivity contribution is -0.177. The molecular formula is C32H36IN3O6. The normalized spacial score (nSPS) is 36.9. The largest absolute Gasteiger partial charge is 0.441 e. The molecule has 1 amide bonds.